The van der Waals surface area contributed by atoms with Crippen LogP contribution >= 0.6 is 10.9 Å². The van der Waals surface area contributed by atoms with Crippen molar-refractivity contribution in [1.82, 2.24) is 4.57 Å². The van der Waals surface area contributed by atoms with E-state index >= 15 is 0 Å². The number of hydrogen-bond donors (Lipinski definition) is 4. The van der Waals surface area contributed by atoms with E-state index in [1.807, 2.05) is 0 Å². The molecule has 2 rings (SSSR count). The molecule has 12 nitrogen and oxygen atoms in total. The maximum Gasteiger partial charge on any atom is 1.00 e. The first-order valence-electron chi connectivity index (χ1n) is 5.23. The molecule has 1 aromatic heterocycles. The summed E-state index contributed by atoms with van der Waals surface area (Å²) in [5.41, 5.74) is 5.16. The van der Waals surface area contributed by atoms with Crippen LogP contribution in [0.5, 0.6) is 5.75 Å². The number of aromatic nitrogens is 1. The predicted molar refractivity (Wildman–Crippen MR) is 81.4 cm³/mol. The number of carbonyl (C=O) groups excluding carboxylic acids is 1. The van der Waals surface area contributed by atoms with Gasteiger partial charge in [0.15, 0.2) is 0 Å². The first-order chi connectivity index (χ1) is 9.20. The molecular weight excluding hydrogens is 359 g/mol. The zero-order valence-corrected chi connectivity index (χ0v) is 15.5. The number of primary amides is 1. The molecule has 132 valence electrons. The van der Waals surface area contributed by atoms with Gasteiger partial charge in [-0.3, -0.25) is 0 Å². The number of aryl methyl sites for hydroxylation is 1. The third kappa shape index (κ3) is 5.67. The number of rotatable bonds is 2. The van der Waals surface area contributed by atoms with Crippen molar-refractivity contribution in [2.75, 3.05) is 0 Å². The molecule has 0 fully saturated rings. The number of carbonyl (C=O) groups is 1. The van der Waals surface area contributed by atoms with Gasteiger partial charge in [-0.1, -0.05) is 16.0 Å². The van der Waals surface area contributed by atoms with E-state index < -0.39 is 16.9 Å². The zero-order chi connectivity index (χ0) is 15.1. The predicted octanol–water partition coefficient (Wildman–Crippen LogP) is -3.18. The Morgan fingerprint density at radius 2 is 1.79 bits per heavy atom. The van der Waals surface area contributed by atoms with E-state index in [4.69, 9.17) is 5.73 Å². The largest absolute Gasteiger partial charge is 1.00 e. The Morgan fingerprint density at radius 3 is 2.25 bits per heavy atom. The van der Waals surface area contributed by atoms with Crippen LogP contribution in [0.2, 0.25) is 0 Å². The number of nitrogens with zero attached hydrogens (tertiary/aromatic N) is 3. The Morgan fingerprint density at radius 1 is 1.25 bits per heavy atom. The molecule has 11 N–H and O–H groups in total. The molecule has 1 aromatic carbocycles. The molecule has 0 aliphatic carbocycles. The average Bonchev–Trinajstić information content (AvgIpc) is 2.63. The first-order valence-corrected chi connectivity index (χ1v) is 6.70. The molecule has 0 unspecified atom stereocenters. The molecule has 0 aliphatic heterocycles. The number of phenols is 1. The SMILES string of the molecule is Cn1c(S([O-])(O)O)cc2cc(N=NC(N)=O)c(O)cc21.O.O.O.[Na+]. The molecule has 0 atom stereocenters. The van der Waals surface area contributed by atoms with Crippen LogP contribution < -0.4 is 35.3 Å². The average molecular weight is 376 g/mol. The second-order valence-corrected chi connectivity index (χ2v) is 5.39. The molecule has 0 radical (unpaired) electrons. The molecule has 0 bridgehead atoms. The van der Waals surface area contributed by atoms with Gasteiger partial charge < -0.3 is 45.5 Å². The van der Waals surface area contributed by atoms with Crippen molar-refractivity contribution in [3.05, 3.63) is 18.2 Å². The van der Waals surface area contributed by atoms with Crippen LogP contribution in [0.15, 0.2) is 33.5 Å². The van der Waals surface area contributed by atoms with Crippen molar-refractivity contribution in [3.8, 4) is 5.75 Å². The van der Waals surface area contributed by atoms with Gasteiger partial charge in [0.2, 0.25) is 0 Å². The Hall–Kier alpha value is -1.26. The van der Waals surface area contributed by atoms with Gasteiger partial charge in [-0.2, -0.15) is 0 Å². The molecule has 24 heavy (non-hydrogen) atoms. The van der Waals surface area contributed by atoms with E-state index in [9.17, 15) is 23.6 Å². The monoisotopic (exact) mass is 376 g/mol. The van der Waals surface area contributed by atoms with Crippen LogP contribution in [0.1, 0.15) is 0 Å². The van der Waals surface area contributed by atoms with Gasteiger partial charge in [-0.15, -0.1) is 5.11 Å². The van der Waals surface area contributed by atoms with E-state index in [1.54, 1.807) is 0 Å². The number of nitrogens with two attached hydrogens (primary N) is 1. The van der Waals surface area contributed by atoms with Crippen molar-refractivity contribution in [2.45, 2.75) is 5.03 Å². The van der Waals surface area contributed by atoms with Gasteiger partial charge in [0, 0.05) is 18.5 Å². The Balaban J connectivity index is -0.00000110. The van der Waals surface area contributed by atoms with E-state index in [1.165, 1.54) is 29.8 Å². The Bertz CT molecular complexity index is 730. The fourth-order valence-corrected chi connectivity index (χ4v) is 2.51. The first kappa shape index (κ1) is 27.6. The number of hydrogen-bond acceptors (Lipinski definition) is 6. The summed E-state index contributed by atoms with van der Waals surface area (Å²) in [6.07, 6.45) is 0. The molecule has 0 saturated heterocycles. The van der Waals surface area contributed by atoms with Gasteiger partial charge >= 0.3 is 35.6 Å². The van der Waals surface area contributed by atoms with Crippen molar-refractivity contribution in [2.24, 2.45) is 23.0 Å². The van der Waals surface area contributed by atoms with E-state index in [0.717, 1.165) is 0 Å². The molecule has 0 saturated carbocycles. The normalized spacial score (nSPS) is 11.0. The van der Waals surface area contributed by atoms with Crippen LogP contribution in [0.25, 0.3) is 10.9 Å². The number of fused-ring (bicyclic) bond motifs is 1. The van der Waals surface area contributed by atoms with Crippen LogP contribution in [-0.4, -0.2) is 45.8 Å². The molecule has 0 aliphatic rings. The van der Waals surface area contributed by atoms with Crippen LogP contribution in [0.3, 0.4) is 0 Å². The fourth-order valence-electron chi connectivity index (χ4n) is 1.77. The number of urea groups is 1. The number of azo groups is 1. The van der Waals surface area contributed by atoms with Gasteiger partial charge in [0.25, 0.3) is 0 Å². The maximum absolute atomic E-state index is 11.3. The molecule has 2 amide bonds. The maximum atomic E-state index is 11.3. The number of aromatic hydroxyl groups is 1. The summed E-state index contributed by atoms with van der Waals surface area (Å²) < 4.78 is 30.9. The van der Waals surface area contributed by atoms with Gasteiger partial charge in [-0.05, 0) is 12.1 Å². The van der Waals surface area contributed by atoms with E-state index in [-0.39, 0.29) is 62.4 Å². The summed E-state index contributed by atoms with van der Waals surface area (Å²) in [5, 5.41) is 16.5. The quantitative estimate of drug-likeness (QED) is 0.311. The fraction of sp³-hybridized carbons (Fsp3) is 0.100. The Kier molecular flexibility index (Phi) is 11.4. The van der Waals surface area contributed by atoms with Crippen molar-refractivity contribution in [3.63, 3.8) is 0 Å². The second kappa shape index (κ2) is 9.90. The number of phenolic OH excluding ortho intramolecular Hbond substituents is 1. The Labute approximate surface area is 159 Å². The number of benzene rings is 1. The minimum absolute atomic E-state index is 0. The van der Waals surface area contributed by atoms with Crippen molar-refractivity contribution < 1.29 is 69.5 Å². The van der Waals surface area contributed by atoms with Crippen LogP contribution in [-0.2, 0) is 7.05 Å². The van der Waals surface area contributed by atoms with Gasteiger partial charge in [0.1, 0.15) is 11.4 Å². The van der Waals surface area contributed by atoms with Crippen LogP contribution in [0.4, 0.5) is 10.5 Å². The standard InChI is InChI=1S/C10H12N4O5S.Na.3H2O/c1-14-7-4-8(15)6(12-13-10(11)16)2-5(7)3-9(14)20(17,18)19;;;;/h2-4,15,17-19H,1H3,(H2,11,16);;3*1H2/q;+1;;;/p-1. The summed E-state index contributed by atoms with van der Waals surface area (Å²) in [5.74, 6) is -0.294. The molecular formula is C10H17N4NaO8S. The van der Waals surface area contributed by atoms with Crippen molar-refractivity contribution >= 4 is 33.5 Å². The van der Waals surface area contributed by atoms with E-state index in [2.05, 4.69) is 10.2 Å². The number of amides is 2. The zero-order valence-electron chi connectivity index (χ0n) is 12.7. The van der Waals surface area contributed by atoms with E-state index in [0.29, 0.717) is 10.9 Å². The minimum Gasteiger partial charge on any atom is -0.768 e. The van der Waals surface area contributed by atoms with Gasteiger partial charge in [0.05, 0.1) is 10.5 Å². The summed E-state index contributed by atoms with van der Waals surface area (Å²) >= 11 is 0. The van der Waals surface area contributed by atoms with Crippen LogP contribution in [0, 0.1) is 0 Å². The molecule has 0 spiro atoms. The third-order valence-electron chi connectivity index (χ3n) is 2.62. The molecule has 2 aromatic rings. The molecule has 14 heteroatoms. The van der Waals surface area contributed by atoms with Crippen molar-refractivity contribution in [1.29, 1.82) is 0 Å². The third-order valence-corrected chi connectivity index (χ3v) is 3.56. The second-order valence-electron chi connectivity index (χ2n) is 3.98. The van der Waals surface area contributed by atoms with Gasteiger partial charge in [-0.25, -0.2) is 4.79 Å². The summed E-state index contributed by atoms with van der Waals surface area (Å²) in [4.78, 5) is 10.5. The topological polar surface area (TPSA) is 251 Å². The molecule has 1 heterocycles. The summed E-state index contributed by atoms with van der Waals surface area (Å²) in [6, 6.07) is 2.85. The smallest absolute Gasteiger partial charge is 0.768 e. The summed E-state index contributed by atoms with van der Waals surface area (Å²) in [6.45, 7) is 0. The summed E-state index contributed by atoms with van der Waals surface area (Å²) in [7, 11) is -2.69. The minimum atomic E-state index is -4.14.